The summed E-state index contributed by atoms with van der Waals surface area (Å²) in [5.41, 5.74) is 10.9. The summed E-state index contributed by atoms with van der Waals surface area (Å²) in [6, 6.07) is 1.49. The van der Waals surface area contributed by atoms with E-state index in [0.717, 1.165) is 0 Å². The van der Waals surface area contributed by atoms with Crippen LogP contribution < -0.4 is 16.4 Å². The Bertz CT molecular complexity index is 818. The van der Waals surface area contributed by atoms with Crippen molar-refractivity contribution in [1.29, 1.82) is 5.41 Å². The van der Waals surface area contributed by atoms with E-state index < -0.39 is 5.72 Å². The molecule has 2 aromatic heterocycles. The number of aromatic hydroxyl groups is 1. The number of pyridine rings is 1. The highest BCUT2D eigenvalue weighted by Crippen LogP contribution is 2.28. The van der Waals surface area contributed by atoms with Crippen molar-refractivity contribution >= 4 is 28.9 Å². The van der Waals surface area contributed by atoms with Gasteiger partial charge in [-0.25, -0.2) is 15.0 Å². The molecule has 1 aliphatic heterocycles. The second-order valence-electron chi connectivity index (χ2n) is 5.92. The zero-order chi connectivity index (χ0) is 18.2. The molecule has 0 aromatic carbocycles. The quantitative estimate of drug-likeness (QED) is 0.389. The van der Waals surface area contributed by atoms with Gasteiger partial charge in [0.05, 0.1) is 11.9 Å². The van der Waals surface area contributed by atoms with E-state index in [0.29, 0.717) is 31.7 Å². The number of hydrogen-bond donors (Lipinski definition) is 5. The number of aromatic nitrogens is 3. The van der Waals surface area contributed by atoms with E-state index in [1.54, 1.807) is 0 Å². The molecule has 0 bridgehead atoms. The van der Waals surface area contributed by atoms with Crippen LogP contribution in [0, 0.1) is 5.41 Å². The van der Waals surface area contributed by atoms with Gasteiger partial charge in [0.2, 0.25) is 5.88 Å². The average molecular weight is 364 g/mol. The average Bonchev–Trinajstić information content (AvgIpc) is 2.57. The minimum atomic E-state index is -1.16. The summed E-state index contributed by atoms with van der Waals surface area (Å²) >= 11 is 5.98. The number of rotatable bonds is 3. The summed E-state index contributed by atoms with van der Waals surface area (Å²) in [5.74, 6) is 0.256. The van der Waals surface area contributed by atoms with Crippen molar-refractivity contribution < 1.29 is 10.2 Å². The molecule has 9 nitrogen and oxygen atoms in total. The molecule has 1 saturated heterocycles. The lowest BCUT2D eigenvalue weighted by Crippen LogP contribution is -2.50. The summed E-state index contributed by atoms with van der Waals surface area (Å²) in [6.45, 7) is 1.06. The lowest BCUT2D eigenvalue weighted by molar-refractivity contribution is 0.0225. The molecule has 0 amide bonds. The van der Waals surface area contributed by atoms with Crippen LogP contribution in [0.1, 0.15) is 24.1 Å². The largest absolute Gasteiger partial charge is 0.492 e. The molecule has 0 radical (unpaired) electrons. The van der Waals surface area contributed by atoms with Crippen molar-refractivity contribution in [3.8, 4) is 5.88 Å². The van der Waals surface area contributed by atoms with Gasteiger partial charge in [0.25, 0.3) is 0 Å². The number of nitrogen functional groups attached to an aromatic ring is 1. The van der Waals surface area contributed by atoms with E-state index in [-0.39, 0.29) is 33.7 Å². The molecular weight excluding hydrogens is 346 g/mol. The van der Waals surface area contributed by atoms with Gasteiger partial charge in [0, 0.05) is 37.7 Å². The smallest absolute Gasteiger partial charge is 0.230 e. The molecule has 25 heavy (non-hydrogen) atoms. The molecule has 1 aliphatic rings. The molecule has 132 valence electrons. The Kier molecular flexibility index (Phi) is 4.46. The molecule has 7 N–H and O–H groups in total. The minimum Gasteiger partial charge on any atom is -0.492 e. The monoisotopic (exact) mass is 363 g/mol. The van der Waals surface area contributed by atoms with E-state index in [2.05, 4.69) is 15.0 Å². The summed E-state index contributed by atoms with van der Waals surface area (Å²) in [5, 5.41) is 27.6. The Morgan fingerprint density at radius 2 is 2.00 bits per heavy atom. The number of nitrogens with one attached hydrogen (secondary N) is 1. The molecule has 1 fully saturated rings. The maximum atomic E-state index is 9.81. The predicted octanol–water partition coefficient (Wildman–Crippen LogP) is 0.476. The number of nitrogens with zero attached hydrogens (tertiary/aromatic N) is 4. The Morgan fingerprint density at radius 1 is 1.32 bits per heavy atom. The van der Waals surface area contributed by atoms with E-state index >= 15 is 0 Å². The highest BCUT2D eigenvalue weighted by molar-refractivity contribution is 6.36. The molecule has 3 heterocycles. The molecule has 0 unspecified atom stereocenters. The van der Waals surface area contributed by atoms with E-state index in [9.17, 15) is 10.2 Å². The van der Waals surface area contributed by atoms with Crippen LogP contribution in [0.5, 0.6) is 5.88 Å². The molecule has 0 atom stereocenters. The van der Waals surface area contributed by atoms with Gasteiger partial charge in [-0.05, 0) is 6.07 Å². The van der Waals surface area contributed by atoms with Crippen molar-refractivity contribution in [2.75, 3.05) is 23.7 Å². The fourth-order valence-corrected chi connectivity index (χ4v) is 2.82. The number of aliphatic hydroxyl groups is 1. The fraction of sp³-hybridized carbons (Fsp3) is 0.333. The second-order valence-corrected chi connectivity index (χ2v) is 6.30. The SMILES string of the molecule is N=C(c1ccnc(O)c1Cl)c1ncc(N2CCC(N)(O)CC2)nc1N. The van der Waals surface area contributed by atoms with E-state index in [4.69, 9.17) is 28.5 Å². The Labute approximate surface area is 148 Å². The lowest BCUT2D eigenvalue weighted by Gasteiger charge is -2.36. The van der Waals surface area contributed by atoms with Crippen LogP contribution in [-0.4, -0.2) is 49.7 Å². The predicted molar refractivity (Wildman–Crippen MR) is 93.9 cm³/mol. The maximum Gasteiger partial charge on any atom is 0.230 e. The van der Waals surface area contributed by atoms with Crippen LogP contribution in [0.15, 0.2) is 18.5 Å². The highest BCUT2D eigenvalue weighted by Gasteiger charge is 2.29. The van der Waals surface area contributed by atoms with Crippen molar-refractivity contribution in [1.82, 2.24) is 15.0 Å². The number of nitrogens with two attached hydrogens (primary N) is 2. The van der Waals surface area contributed by atoms with Gasteiger partial charge < -0.3 is 26.6 Å². The van der Waals surface area contributed by atoms with Crippen molar-refractivity contribution in [2.24, 2.45) is 5.73 Å². The van der Waals surface area contributed by atoms with Crippen LogP contribution in [-0.2, 0) is 0 Å². The van der Waals surface area contributed by atoms with Crippen molar-refractivity contribution in [3.63, 3.8) is 0 Å². The summed E-state index contributed by atoms with van der Waals surface area (Å²) in [4.78, 5) is 14.1. The van der Waals surface area contributed by atoms with E-state index in [1.165, 1.54) is 18.5 Å². The molecule has 0 spiro atoms. The Balaban J connectivity index is 1.85. The molecule has 0 aliphatic carbocycles. The fourth-order valence-electron chi connectivity index (χ4n) is 2.61. The first kappa shape index (κ1) is 17.3. The van der Waals surface area contributed by atoms with Crippen molar-refractivity contribution in [3.05, 3.63) is 34.7 Å². The number of piperidine rings is 1. The standard InChI is InChI=1S/C15H18ClN7O2/c16-10-8(1-4-20-14(10)24)11(17)12-13(18)22-9(7-21-12)23-5-2-15(19,25)3-6-23/h1,4,7,17,25H,2-3,5-6,19H2,(H2,18,22)(H,20,24). The van der Waals surface area contributed by atoms with Crippen LogP contribution in [0.3, 0.4) is 0 Å². The third-order valence-electron chi connectivity index (χ3n) is 4.12. The van der Waals surface area contributed by atoms with Crippen molar-refractivity contribution in [2.45, 2.75) is 18.6 Å². The number of halogens is 1. The zero-order valence-electron chi connectivity index (χ0n) is 13.3. The molecular formula is C15H18ClN7O2. The van der Waals surface area contributed by atoms with Crippen LogP contribution in [0.25, 0.3) is 0 Å². The first-order valence-electron chi connectivity index (χ1n) is 7.60. The summed E-state index contributed by atoms with van der Waals surface area (Å²) < 4.78 is 0. The molecule has 10 heteroatoms. The minimum absolute atomic E-state index is 0.0453. The van der Waals surface area contributed by atoms with Gasteiger partial charge in [0.15, 0.2) is 5.82 Å². The Hall–Kier alpha value is -2.49. The Morgan fingerprint density at radius 3 is 2.64 bits per heavy atom. The first-order chi connectivity index (χ1) is 11.8. The third-order valence-corrected chi connectivity index (χ3v) is 4.49. The number of hydrogen-bond acceptors (Lipinski definition) is 9. The van der Waals surface area contributed by atoms with Gasteiger partial charge in [-0.3, -0.25) is 5.41 Å². The van der Waals surface area contributed by atoms with E-state index in [1.807, 2.05) is 4.90 Å². The van der Waals surface area contributed by atoms with Gasteiger partial charge in [-0.15, -0.1) is 0 Å². The maximum absolute atomic E-state index is 9.81. The van der Waals surface area contributed by atoms with Gasteiger partial charge in [-0.1, -0.05) is 11.6 Å². The zero-order valence-corrected chi connectivity index (χ0v) is 14.0. The third kappa shape index (κ3) is 3.48. The van der Waals surface area contributed by atoms with Crippen LogP contribution >= 0.6 is 11.6 Å². The van der Waals surface area contributed by atoms with Gasteiger partial charge in [-0.2, -0.15) is 0 Å². The number of anilines is 2. The topological polar surface area (TPSA) is 158 Å². The summed E-state index contributed by atoms with van der Waals surface area (Å²) in [6.07, 6.45) is 3.68. The highest BCUT2D eigenvalue weighted by atomic mass is 35.5. The lowest BCUT2D eigenvalue weighted by atomic mass is 10.0. The second kappa shape index (κ2) is 6.43. The normalized spacial score (nSPS) is 16.7. The van der Waals surface area contributed by atoms with Gasteiger partial charge >= 0.3 is 0 Å². The van der Waals surface area contributed by atoms with Gasteiger partial charge in [0.1, 0.15) is 22.3 Å². The summed E-state index contributed by atoms with van der Waals surface area (Å²) in [7, 11) is 0. The molecule has 3 rings (SSSR count). The van der Waals surface area contributed by atoms with Crippen LogP contribution in [0.4, 0.5) is 11.6 Å². The molecule has 2 aromatic rings. The first-order valence-corrected chi connectivity index (χ1v) is 7.98. The molecule has 0 saturated carbocycles. The van der Waals surface area contributed by atoms with Crippen LogP contribution in [0.2, 0.25) is 5.02 Å².